The van der Waals surface area contributed by atoms with Gasteiger partial charge in [0.2, 0.25) is 5.91 Å². The second kappa shape index (κ2) is 4.68. The molecule has 0 aromatic heterocycles. The van der Waals surface area contributed by atoms with Crippen LogP contribution in [0.1, 0.15) is 30.0 Å². The highest BCUT2D eigenvalue weighted by molar-refractivity contribution is 6.07. The Morgan fingerprint density at radius 2 is 1.65 bits per heavy atom. The van der Waals surface area contributed by atoms with Crippen molar-refractivity contribution < 1.29 is 4.79 Å². The molecule has 1 spiro atoms. The van der Waals surface area contributed by atoms with E-state index < -0.39 is 5.41 Å². The molecular formula is C20H20N2O. The molecule has 0 aliphatic carbocycles. The van der Waals surface area contributed by atoms with Crippen molar-refractivity contribution in [3.05, 3.63) is 65.7 Å². The lowest BCUT2D eigenvalue weighted by Gasteiger charge is -2.56. The van der Waals surface area contributed by atoms with Gasteiger partial charge >= 0.3 is 0 Å². The molecule has 6 rings (SSSR count). The van der Waals surface area contributed by atoms with Gasteiger partial charge < -0.3 is 5.32 Å². The lowest BCUT2D eigenvalue weighted by molar-refractivity contribution is -0.134. The van der Waals surface area contributed by atoms with E-state index in [4.69, 9.17) is 0 Å². The van der Waals surface area contributed by atoms with Gasteiger partial charge in [0.1, 0.15) is 0 Å². The summed E-state index contributed by atoms with van der Waals surface area (Å²) < 4.78 is 0. The van der Waals surface area contributed by atoms with E-state index in [1.807, 2.05) is 12.1 Å². The number of amides is 1. The molecule has 2 bridgehead atoms. The summed E-state index contributed by atoms with van der Waals surface area (Å²) in [6, 6.07) is 19.0. The molecule has 3 fully saturated rings. The van der Waals surface area contributed by atoms with Crippen LogP contribution in [-0.4, -0.2) is 23.9 Å². The summed E-state index contributed by atoms with van der Waals surface area (Å²) in [6.45, 7) is 2.20. The fraction of sp³-hybridized carbons (Fsp3) is 0.350. The minimum absolute atomic E-state index is 0.153. The fourth-order valence-electron chi connectivity index (χ4n) is 5.21. The Balaban J connectivity index is 1.77. The molecule has 3 nitrogen and oxygen atoms in total. The Morgan fingerprint density at radius 1 is 0.957 bits per heavy atom. The summed E-state index contributed by atoms with van der Waals surface area (Å²) in [5.74, 6) is 0.628. The number of hydrogen-bond acceptors (Lipinski definition) is 2. The maximum Gasteiger partial charge on any atom is 0.237 e. The van der Waals surface area contributed by atoms with Gasteiger partial charge in [0.15, 0.2) is 0 Å². The number of nitrogens with zero attached hydrogens (tertiary/aromatic N) is 1. The first-order chi connectivity index (χ1) is 11.3. The Hall–Kier alpha value is -2.13. The molecule has 2 aromatic rings. The number of anilines is 1. The van der Waals surface area contributed by atoms with Gasteiger partial charge in [-0.25, -0.2) is 0 Å². The van der Waals surface area contributed by atoms with Gasteiger partial charge in [0.25, 0.3) is 0 Å². The zero-order valence-corrected chi connectivity index (χ0v) is 13.0. The van der Waals surface area contributed by atoms with Crippen LogP contribution in [0.15, 0.2) is 54.6 Å². The molecule has 4 heterocycles. The predicted molar refractivity (Wildman–Crippen MR) is 90.2 cm³/mol. The molecule has 4 aliphatic rings. The number of para-hydroxylation sites is 1. The van der Waals surface area contributed by atoms with Crippen LogP contribution >= 0.6 is 0 Å². The standard InChI is InChI=1S/C20H20N2O/c23-19-20(16-8-4-5-9-17(16)21-19)15-10-12-22(13-11-15)18(20)14-6-2-1-3-7-14/h1-9,15,18H,10-13H2,(H,21,23)/t18-,20?/m0/s1. The normalized spacial score (nSPS) is 34.4. The lowest BCUT2D eigenvalue weighted by atomic mass is 9.57. The number of benzene rings is 2. The highest BCUT2D eigenvalue weighted by atomic mass is 16.2. The lowest BCUT2D eigenvalue weighted by Crippen LogP contribution is -2.61. The molecule has 2 aromatic carbocycles. The number of hydrogen-bond donors (Lipinski definition) is 1. The summed E-state index contributed by atoms with van der Waals surface area (Å²) >= 11 is 0. The van der Waals surface area contributed by atoms with E-state index in [9.17, 15) is 4.79 Å². The predicted octanol–water partition coefficient (Wildman–Crippen LogP) is 3.34. The van der Waals surface area contributed by atoms with Crippen molar-refractivity contribution in [3.8, 4) is 0 Å². The molecule has 0 saturated carbocycles. The first kappa shape index (κ1) is 13.3. The molecule has 1 amide bonds. The highest BCUT2D eigenvalue weighted by Crippen LogP contribution is 2.59. The highest BCUT2D eigenvalue weighted by Gasteiger charge is 2.62. The quantitative estimate of drug-likeness (QED) is 0.876. The number of carbonyl (C=O) groups is 1. The minimum Gasteiger partial charge on any atom is -0.325 e. The monoisotopic (exact) mass is 304 g/mol. The van der Waals surface area contributed by atoms with Crippen LogP contribution in [0.2, 0.25) is 0 Å². The molecule has 3 saturated heterocycles. The van der Waals surface area contributed by atoms with Crippen LogP contribution in [0.5, 0.6) is 0 Å². The van der Waals surface area contributed by atoms with Gasteiger partial charge in [-0.3, -0.25) is 9.69 Å². The van der Waals surface area contributed by atoms with Gasteiger partial charge in [-0.15, -0.1) is 0 Å². The van der Waals surface area contributed by atoms with E-state index in [1.165, 1.54) is 11.1 Å². The van der Waals surface area contributed by atoms with Crippen LogP contribution < -0.4 is 5.32 Å². The number of nitrogens with one attached hydrogen (secondary N) is 1. The third kappa shape index (κ3) is 1.61. The largest absolute Gasteiger partial charge is 0.325 e. The second-order valence-electron chi connectivity index (χ2n) is 6.99. The maximum absolute atomic E-state index is 13.2. The topological polar surface area (TPSA) is 32.3 Å². The van der Waals surface area contributed by atoms with E-state index in [2.05, 4.69) is 52.7 Å². The summed E-state index contributed by atoms with van der Waals surface area (Å²) in [6.07, 6.45) is 2.23. The zero-order chi connectivity index (χ0) is 15.4. The van der Waals surface area contributed by atoms with Crippen molar-refractivity contribution in [2.45, 2.75) is 24.3 Å². The molecule has 0 radical (unpaired) electrons. The zero-order valence-electron chi connectivity index (χ0n) is 13.0. The molecule has 4 aliphatic heterocycles. The number of piperidine rings is 3. The smallest absolute Gasteiger partial charge is 0.237 e. The van der Waals surface area contributed by atoms with Gasteiger partial charge in [-0.2, -0.15) is 0 Å². The van der Waals surface area contributed by atoms with Crippen molar-refractivity contribution in [2.24, 2.45) is 5.92 Å². The number of fused-ring (bicyclic) bond motifs is 3. The molecule has 23 heavy (non-hydrogen) atoms. The van der Waals surface area contributed by atoms with Crippen LogP contribution in [0, 0.1) is 5.92 Å². The van der Waals surface area contributed by atoms with E-state index in [0.29, 0.717) is 5.92 Å². The molecule has 2 atom stereocenters. The van der Waals surface area contributed by atoms with Gasteiger partial charge in [-0.05, 0) is 49.0 Å². The summed E-state index contributed by atoms with van der Waals surface area (Å²) in [4.78, 5) is 15.8. The first-order valence-corrected chi connectivity index (χ1v) is 8.52. The number of carbonyl (C=O) groups excluding carboxylic acids is 1. The minimum atomic E-state index is -0.422. The van der Waals surface area contributed by atoms with Gasteiger partial charge in [0, 0.05) is 5.69 Å². The Bertz CT molecular complexity index is 764. The Morgan fingerprint density at radius 3 is 2.43 bits per heavy atom. The Labute approximate surface area is 136 Å². The van der Waals surface area contributed by atoms with Crippen LogP contribution in [0.4, 0.5) is 5.69 Å². The van der Waals surface area contributed by atoms with Crippen molar-refractivity contribution >= 4 is 11.6 Å². The maximum atomic E-state index is 13.2. The van der Waals surface area contributed by atoms with Gasteiger partial charge in [-0.1, -0.05) is 48.5 Å². The molecule has 1 unspecified atom stereocenters. The van der Waals surface area contributed by atoms with E-state index in [-0.39, 0.29) is 11.9 Å². The molecule has 1 N–H and O–H groups in total. The fourth-order valence-corrected chi connectivity index (χ4v) is 5.21. The second-order valence-corrected chi connectivity index (χ2v) is 6.99. The van der Waals surface area contributed by atoms with Crippen molar-refractivity contribution in [2.75, 3.05) is 18.4 Å². The average molecular weight is 304 g/mol. The third-order valence-electron chi connectivity index (χ3n) is 6.08. The van der Waals surface area contributed by atoms with E-state index in [0.717, 1.165) is 31.6 Å². The van der Waals surface area contributed by atoms with E-state index in [1.54, 1.807) is 0 Å². The first-order valence-electron chi connectivity index (χ1n) is 8.52. The van der Waals surface area contributed by atoms with Crippen LogP contribution in [0.3, 0.4) is 0 Å². The molecule has 3 heteroatoms. The summed E-state index contributed by atoms with van der Waals surface area (Å²) in [5.41, 5.74) is 3.05. The van der Waals surface area contributed by atoms with Crippen LogP contribution in [-0.2, 0) is 10.2 Å². The summed E-state index contributed by atoms with van der Waals surface area (Å²) in [7, 11) is 0. The average Bonchev–Trinajstić information content (AvgIpc) is 2.90. The summed E-state index contributed by atoms with van der Waals surface area (Å²) in [5, 5.41) is 3.18. The third-order valence-corrected chi connectivity index (χ3v) is 6.08. The van der Waals surface area contributed by atoms with E-state index >= 15 is 0 Å². The van der Waals surface area contributed by atoms with Gasteiger partial charge in [0.05, 0.1) is 11.5 Å². The van der Waals surface area contributed by atoms with Crippen molar-refractivity contribution in [1.29, 1.82) is 0 Å². The SMILES string of the molecule is O=C1Nc2ccccc2C12C1CCN(CC1)[C@H]2c1ccccc1. The number of rotatable bonds is 1. The van der Waals surface area contributed by atoms with Crippen molar-refractivity contribution in [1.82, 2.24) is 4.90 Å². The molecular weight excluding hydrogens is 284 g/mol. The van der Waals surface area contributed by atoms with Crippen LogP contribution in [0.25, 0.3) is 0 Å². The molecule has 116 valence electrons. The van der Waals surface area contributed by atoms with Crippen molar-refractivity contribution in [3.63, 3.8) is 0 Å². The Kier molecular flexibility index (Phi) is 2.71.